The number of amides is 1. The molecule has 146 valence electrons. The molecule has 2 aromatic carbocycles. The normalized spacial score (nSPS) is 21.2. The number of likely N-dealkylation sites (tertiary alicyclic amines) is 1. The number of aliphatic hydroxyl groups is 1. The number of nitrogens with zero attached hydrogens (tertiary/aromatic N) is 1. The number of ketones is 1. The largest absolute Gasteiger partial charge is 0.388 e. The van der Waals surface area contributed by atoms with Crippen molar-refractivity contribution in [3.05, 3.63) is 68.7 Å². The SMILES string of the molecule is O=C(CO)c1ccc2c(c1)CC1(CC2)CCN(Cc2ccc(Cl)c(Cl)c2)C1=O. The van der Waals surface area contributed by atoms with E-state index in [-0.39, 0.29) is 11.7 Å². The van der Waals surface area contributed by atoms with E-state index < -0.39 is 12.0 Å². The lowest BCUT2D eigenvalue weighted by Crippen LogP contribution is -2.38. The predicted molar refractivity (Wildman–Crippen MR) is 109 cm³/mol. The summed E-state index contributed by atoms with van der Waals surface area (Å²) >= 11 is 12.1. The van der Waals surface area contributed by atoms with Crippen LogP contribution in [0.25, 0.3) is 0 Å². The zero-order valence-electron chi connectivity index (χ0n) is 15.4. The van der Waals surface area contributed by atoms with Crippen molar-refractivity contribution >= 4 is 34.9 Å². The molecule has 1 saturated heterocycles. The number of Topliss-reactive ketones (excluding diaryl/α,β-unsaturated/α-hetero) is 1. The molecule has 0 aromatic heterocycles. The fourth-order valence-corrected chi connectivity index (χ4v) is 4.74. The van der Waals surface area contributed by atoms with E-state index in [1.54, 1.807) is 12.1 Å². The quantitative estimate of drug-likeness (QED) is 0.762. The molecule has 4 nitrogen and oxygen atoms in total. The maximum absolute atomic E-state index is 13.3. The molecule has 0 saturated carbocycles. The number of aliphatic hydroxyl groups excluding tert-OH is 1. The maximum Gasteiger partial charge on any atom is 0.229 e. The Balaban J connectivity index is 1.54. The number of rotatable bonds is 4. The molecular formula is C22H21Cl2NO3. The number of hydrogen-bond acceptors (Lipinski definition) is 3. The van der Waals surface area contributed by atoms with Crippen LogP contribution >= 0.6 is 23.2 Å². The zero-order chi connectivity index (χ0) is 19.9. The number of benzene rings is 2. The van der Waals surface area contributed by atoms with Crippen molar-refractivity contribution in [3.8, 4) is 0 Å². The zero-order valence-corrected chi connectivity index (χ0v) is 16.9. The van der Waals surface area contributed by atoms with Crippen LogP contribution in [0.15, 0.2) is 36.4 Å². The Morgan fingerprint density at radius 3 is 2.64 bits per heavy atom. The van der Waals surface area contributed by atoms with Crippen LogP contribution in [0.5, 0.6) is 0 Å². The molecule has 1 amide bonds. The molecular weight excluding hydrogens is 397 g/mol. The van der Waals surface area contributed by atoms with Crippen molar-refractivity contribution in [2.75, 3.05) is 13.2 Å². The van der Waals surface area contributed by atoms with E-state index in [1.807, 2.05) is 29.2 Å². The van der Waals surface area contributed by atoms with Crippen LogP contribution in [0.2, 0.25) is 10.0 Å². The smallest absolute Gasteiger partial charge is 0.229 e. The monoisotopic (exact) mass is 417 g/mol. The summed E-state index contributed by atoms with van der Waals surface area (Å²) < 4.78 is 0. The molecule has 4 rings (SSSR count). The van der Waals surface area contributed by atoms with E-state index in [4.69, 9.17) is 28.3 Å². The van der Waals surface area contributed by atoms with Gasteiger partial charge in [-0.05, 0) is 60.6 Å². The van der Waals surface area contributed by atoms with Crippen molar-refractivity contribution in [3.63, 3.8) is 0 Å². The number of fused-ring (bicyclic) bond motifs is 1. The summed E-state index contributed by atoms with van der Waals surface area (Å²) in [5.41, 5.74) is 3.32. The van der Waals surface area contributed by atoms with Gasteiger partial charge in [0, 0.05) is 18.7 Å². The average Bonchev–Trinajstić information content (AvgIpc) is 2.99. The summed E-state index contributed by atoms with van der Waals surface area (Å²) in [6.45, 7) is 0.733. The molecule has 1 aliphatic heterocycles. The first-order valence-electron chi connectivity index (χ1n) is 9.41. The van der Waals surface area contributed by atoms with Gasteiger partial charge in [-0.2, -0.15) is 0 Å². The molecule has 1 unspecified atom stereocenters. The Hall–Kier alpha value is -1.88. The fourth-order valence-electron chi connectivity index (χ4n) is 4.42. The molecule has 1 atom stereocenters. The molecule has 1 spiro atoms. The molecule has 1 aliphatic carbocycles. The highest BCUT2D eigenvalue weighted by atomic mass is 35.5. The Labute approximate surface area is 174 Å². The molecule has 28 heavy (non-hydrogen) atoms. The van der Waals surface area contributed by atoms with Gasteiger partial charge in [0.2, 0.25) is 5.91 Å². The summed E-state index contributed by atoms with van der Waals surface area (Å²) in [6, 6.07) is 11.0. The van der Waals surface area contributed by atoms with E-state index in [9.17, 15) is 9.59 Å². The lowest BCUT2D eigenvalue weighted by molar-refractivity contribution is -0.137. The first-order valence-corrected chi connectivity index (χ1v) is 10.2. The van der Waals surface area contributed by atoms with Crippen molar-refractivity contribution in [1.82, 2.24) is 4.90 Å². The van der Waals surface area contributed by atoms with Gasteiger partial charge in [-0.3, -0.25) is 9.59 Å². The van der Waals surface area contributed by atoms with Gasteiger partial charge < -0.3 is 10.0 Å². The number of carbonyl (C=O) groups is 2. The van der Waals surface area contributed by atoms with Gasteiger partial charge in [-0.1, -0.05) is 41.4 Å². The topological polar surface area (TPSA) is 57.6 Å². The van der Waals surface area contributed by atoms with E-state index >= 15 is 0 Å². The van der Waals surface area contributed by atoms with Gasteiger partial charge in [0.05, 0.1) is 15.5 Å². The first kappa shape index (κ1) is 19.4. The van der Waals surface area contributed by atoms with Gasteiger partial charge in [0.25, 0.3) is 0 Å². The van der Waals surface area contributed by atoms with Gasteiger partial charge in [0.15, 0.2) is 5.78 Å². The third-order valence-corrected chi connectivity index (χ3v) is 6.77. The maximum atomic E-state index is 13.3. The molecule has 0 bridgehead atoms. The van der Waals surface area contributed by atoms with E-state index in [2.05, 4.69) is 0 Å². The van der Waals surface area contributed by atoms with E-state index in [0.29, 0.717) is 35.1 Å². The van der Waals surface area contributed by atoms with Crippen molar-refractivity contribution in [1.29, 1.82) is 0 Å². The summed E-state index contributed by atoms with van der Waals surface area (Å²) in [7, 11) is 0. The van der Waals surface area contributed by atoms with E-state index in [0.717, 1.165) is 30.4 Å². The second-order valence-corrected chi connectivity index (χ2v) is 8.56. The molecule has 1 heterocycles. The van der Waals surface area contributed by atoms with Crippen molar-refractivity contribution in [2.24, 2.45) is 5.41 Å². The third kappa shape index (κ3) is 3.45. The predicted octanol–water partition coefficient (Wildman–Crippen LogP) is 4.08. The average molecular weight is 418 g/mol. The Kier molecular flexibility index (Phi) is 5.21. The lowest BCUT2D eigenvalue weighted by Gasteiger charge is -2.33. The van der Waals surface area contributed by atoms with Gasteiger partial charge in [0.1, 0.15) is 6.61 Å². The Morgan fingerprint density at radius 1 is 1.07 bits per heavy atom. The highest BCUT2D eigenvalue weighted by Gasteiger charge is 2.48. The third-order valence-electron chi connectivity index (χ3n) is 6.03. The molecule has 2 aromatic rings. The number of halogens is 2. The second kappa shape index (κ2) is 7.51. The van der Waals surface area contributed by atoms with Crippen LogP contribution in [0.1, 0.15) is 39.9 Å². The van der Waals surface area contributed by atoms with Crippen LogP contribution in [0.4, 0.5) is 0 Å². The van der Waals surface area contributed by atoms with Crippen molar-refractivity contribution < 1.29 is 14.7 Å². The van der Waals surface area contributed by atoms with Crippen LogP contribution in [-0.2, 0) is 24.2 Å². The number of aryl methyl sites for hydroxylation is 1. The summed E-state index contributed by atoms with van der Waals surface area (Å²) in [5, 5.41) is 10.1. The standard InChI is InChI=1S/C22H21Cl2NO3/c23-18-4-1-14(9-19(18)24)12-25-8-7-22(21(25)28)6-5-15-2-3-16(20(27)13-26)10-17(15)11-22/h1-4,9-10,26H,5-8,11-13H2. The summed E-state index contributed by atoms with van der Waals surface area (Å²) in [4.78, 5) is 27.0. The Bertz CT molecular complexity index is 959. The van der Waals surface area contributed by atoms with Crippen LogP contribution < -0.4 is 0 Å². The number of carbonyl (C=O) groups excluding carboxylic acids is 2. The van der Waals surface area contributed by atoms with E-state index in [1.165, 1.54) is 5.56 Å². The van der Waals surface area contributed by atoms with Crippen LogP contribution in [0.3, 0.4) is 0 Å². The molecule has 0 radical (unpaired) electrons. The molecule has 2 aliphatic rings. The minimum atomic E-state index is -0.500. The highest BCUT2D eigenvalue weighted by Crippen LogP contribution is 2.44. The fraction of sp³-hybridized carbons (Fsp3) is 0.364. The van der Waals surface area contributed by atoms with Gasteiger partial charge in [-0.15, -0.1) is 0 Å². The molecule has 6 heteroatoms. The number of hydrogen-bond donors (Lipinski definition) is 1. The minimum Gasteiger partial charge on any atom is -0.388 e. The lowest BCUT2D eigenvalue weighted by atomic mass is 9.70. The highest BCUT2D eigenvalue weighted by molar-refractivity contribution is 6.42. The van der Waals surface area contributed by atoms with Gasteiger partial charge >= 0.3 is 0 Å². The molecule has 1 N–H and O–H groups in total. The minimum absolute atomic E-state index is 0.170. The van der Waals surface area contributed by atoms with Crippen LogP contribution in [-0.4, -0.2) is 34.8 Å². The summed E-state index contributed by atoms with van der Waals surface area (Å²) in [5.74, 6) is -0.121. The molecule has 1 fully saturated rings. The van der Waals surface area contributed by atoms with Gasteiger partial charge in [-0.25, -0.2) is 0 Å². The second-order valence-electron chi connectivity index (χ2n) is 7.75. The van der Waals surface area contributed by atoms with Crippen molar-refractivity contribution in [2.45, 2.75) is 32.2 Å². The Morgan fingerprint density at radius 2 is 1.89 bits per heavy atom. The van der Waals surface area contributed by atoms with Crippen LogP contribution in [0, 0.1) is 5.41 Å². The first-order chi connectivity index (χ1) is 13.4. The summed E-state index contributed by atoms with van der Waals surface area (Å²) in [6.07, 6.45) is 3.11.